The minimum atomic E-state index is -0.448. The molecule has 2 aliphatic heterocycles. The summed E-state index contributed by atoms with van der Waals surface area (Å²) in [5, 5.41) is 10.3. The number of Topliss-reactive ketones (excluding diaryl/α,β-unsaturated/α-hetero) is 1. The monoisotopic (exact) mass is 430 g/mol. The summed E-state index contributed by atoms with van der Waals surface area (Å²) in [5.41, 5.74) is -0.0221. The Morgan fingerprint density at radius 2 is 1.81 bits per heavy atom. The molecule has 4 aliphatic carbocycles. The molecule has 0 bridgehead atoms. The number of fused-ring (bicyclic) bond motifs is 7. The molecule has 31 heavy (non-hydrogen) atoms. The number of carbonyl (C=O) groups excluding carboxylic acids is 1. The molecular weight excluding hydrogens is 388 g/mol. The molecule has 2 saturated heterocycles. The first-order valence-corrected chi connectivity index (χ1v) is 13.2. The first-order valence-electron chi connectivity index (χ1n) is 13.2. The van der Waals surface area contributed by atoms with Crippen molar-refractivity contribution in [3.8, 4) is 0 Å². The lowest BCUT2D eigenvalue weighted by Crippen LogP contribution is -2.58. The van der Waals surface area contributed by atoms with E-state index in [1.165, 1.54) is 12.8 Å². The van der Waals surface area contributed by atoms with Crippen LogP contribution in [0.1, 0.15) is 85.5 Å². The Balaban J connectivity index is 1.30. The average Bonchev–Trinajstić information content (AvgIpc) is 3.18. The van der Waals surface area contributed by atoms with Crippen molar-refractivity contribution < 1.29 is 19.4 Å². The van der Waals surface area contributed by atoms with Crippen LogP contribution in [0.15, 0.2) is 0 Å². The van der Waals surface area contributed by atoms with Gasteiger partial charge in [-0.25, -0.2) is 0 Å². The standard InChI is InChI=1S/C27H42O4/c1-15-7-10-27(30-14-15)16(2)24-22(31-27)12-21-19-6-5-17-11-18(28)8-9-25(17,3)20(19)13-23(29)26(21,24)4/h15-22,24,28H,5-14H2,1-4H3/t15?,16-,17?,18-,19?,20?,21?,22?,24?,25-,26+,27?/m0/s1. The van der Waals surface area contributed by atoms with Crippen molar-refractivity contribution in [2.24, 2.45) is 52.3 Å². The second-order valence-corrected chi connectivity index (χ2v) is 13.0. The van der Waals surface area contributed by atoms with E-state index >= 15 is 0 Å². The van der Waals surface area contributed by atoms with Crippen LogP contribution in [-0.2, 0) is 14.3 Å². The Morgan fingerprint density at radius 3 is 2.55 bits per heavy atom. The Morgan fingerprint density at radius 1 is 1.00 bits per heavy atom. The topological polar surface area (TPSA) is 55.8 Å². The predicted octanol–water partition coefficient (Wildman–Crippen LogP) is 4.97. The Labute approximate surface area is 187 Å². The van der Waals surface area contributed by atoms with Gasteiger partial charge in [0.2, 0.25) is 0 Å². The molecule has 174 valence electrons. The molecule has 1 spiro atoms. The van der Waals surface area contributed by atoms with Crippen LogP contribution >= 0.6 is 0 Å². The van der Waals surface area contributed by atoms with Gasteiger partial charge in [-0.15, -0.1) is 0 Å². The number of ketones is 1. The van der Waals surface area contributed by atoms with Crippen molar-refractivity contribution in [2.45, 2.75) is 103 Å². The van der Waals surface area contributed by atoms with Gasteiger partial charge in [-0.2, -0.15) is 0 Å². The predicted molar refractivity (Wildman–Crippen MR) is 118 cm³/mol. The smallest absolute Gasteiger partial charge is 0.171 e. The number of ether oxygens (including phenoxy) is 2. The molecule has 4 saturated carbocycles. The minimum Gasteiger partial charge on any atom is -0.393 e. The Kier molecular flexibility index (Phi) is 4.62. The van der Waals surface area contributed by atoms with Gasteiger partial charge >= 0.3 is 0 Å². The van der Waals surface area contributed by atoms with Crippen molar-refractivity contribution in [3.05, 3.63) is 0 Å². The minimum absolute atomic E-state index is 0.131. The van der Waals surface area contributed by atoms with E-state index in [1.54, 1.807) is 0 Å². The number of carbonyl (C=O) groups is 1. The molecule has 0 aromatic heterocycles. The molecule has 0 amide bonds. The molecule has 0 radical (unpaired) electrons. The van der Waals surface area contributed by atoms with E-state index in [9.17, 15) is 9.90 Å². The lowest BCUT2D eigenvalue weighted by atomic mass is 9.44. The maximum Gasteiger partial charge on any atom is 0.171 e. The van der Waals surface area contributed by atoms with E-state index in [4.69, 9.17) is 9.47 Å². The Hall–Kier alpha value is -0.450. The third-order valence-electron chi connectivity index (χ3n) is 11.8. The van der Waals surface area contributed by atoms with Gasteiger partial charge in [0.1, 0.15) is 5.78 Å². The van der Waals surface area contributed by atoms with Crippen LogP contribution in [0.25, 0.3) is 0 Å². The number of rotatable bonds is 0. The number of hydrogen-bond donors (Lipinski definition) is 1. The summed E-state index contributed by atoms with van der Waals surface area (Å²) in [6.07, 6.45) is 9.39. The van der Waals surface area contributed by atoms with Gasteiger partial charge in [-0.1, -0.05) is 27.7 Å². The SMILES string of the molecule is CC1CCC2(OC1)OC1CC3C4CCC5C[C@@H](O)CC[C@]5(C)C4CC(=O)[C@]3(C)C1[C@@H]2C. The summed E-state index contributed by atoms with van der Waals surface area (Å²) in [6.45, 7) is 10.1. The van der Waals surface area contributed by atoms with E-state index in [1.807, 2.05) is 0 Å². The van der Waals surface area contributed by atoms with Gasteiger partial charge in [-0.05, 0) is 80.0 Å². The van der Waals surface area contributed by atoms with Gasteiger partial charge in [0.05, 0.1) is 18.8 Å². The first-order chi connectivity index (χ1) is 14.7. The molecule has 6 fully saturated rings. The van der Waals surface area contributed by atoms with Crippen LogP contribution in [0.4, 0.5) is 0 Å². The molecule has 8 unspecified atom stereocenters. The lowest BCUT2D eigenvalue weighted by molar-refractivity contribution is -0.272. The van der Waals surface area contributed by atoms with Crippen LogP contribution in [0.2, 0.25) is 0 Å². The second kappa shape index (κ2) is 6.79. The maximum atomic E-state index is 14.0. The van der Waals surface area contributed by atoms with Crippen LogP contribution in [0.3, 0.4) is 0 Å². The molecule has 0 aromatic rings. The van der Waals surface area contributed by atoms with Crippen LogP contribution in [-0.4, -0.2) is 35.5 Å². The molecule has 0 aromatic carbocycles. The lowest BCUT2D eigenvalue weighted by Gasteiger charge is -2.60. The second-order valence-electron chi connectivity index (χ2n) is 13.0. The Bertz CT molecular complexity index is 756. The van der Waals surface area contributed by atoms with E-state index in [0.29, 0.717) is 41.3 Å². The average molecular weight is 431 g/mol. The van der Waals surface area contributed by atoms with Crippen LogP contribution in [0, 0.1) is 52.3 Å². The quantitative estimate of drug-likeness (QED) is 0.589. The molecule has 6 rings (SSSR count). The summed E-state index contributed by atoms with van der Waals surface area (Å²) >= 11 is 0. The van der Waals surface area contributed by atoms with Crippen molar-refractivity contribution in [1.29, 1.82) is 0 Å². The summed E-state index contributed by atoms with van der Waals surface area (Å²) in [7, 11) is 0. The van der Waals surface area contributed by atoms with E-state index < -0.39 is 5.79 Å². The van der Waals surface area contributed by atoms with E-state index in [0.717, 1.165) is 51.6 Å². The maximum absolute atomic E-state index is 14.0. The third kappa shape index (κ3) is 2.68. The van der Waals surface area contributed by atoms with Crippen molar-refractivity contribution in [1.82, 2.24) is 0 Å². The summed E-state index contributed by atoms with van der Waals surface area (Å²) in [6, 6.07) is 0. The zero-order valence-corrected chi connectivity index (χ0v) is 19.9. The highest BCUT2D eigenvalue weighted by Crippen LogP contribution is 2.70. The fourth-order valence-electron chi connectivity index (χ4n) is 9.93. The van der Waals surface area contributed by atoms with Crippen LogP contribution in [0.5, 0.6) is 0 Å². The van der Waals surface area contributed by atoms with Gasteiger partial charge in [-0.3, -0.25) is 4.79 Å². The highest BCUT2D eigenvalue weighted by atomic mass is 16.7. The first kappa shape index (κ1) is 21.1. The van der Waals surface area contributed by atoms with Crippen molar-refractivity contribution >= 4 is 5.78 Å². The van der Waals surface area contributed by atoms with Gasteiger partial charge in [0.15, 0.2) is 5.79 Å². The van der Waals surface area contributed by atoms with E-state index in [2.05, 4.69) is 27.7 Å². The zero-order valence-electron chi connectivity index (χ0n) is 19.9. The van der Waals surface area contributed by atoms with Crippen molar-refractivity contribution in [3.63, 3.8) is 0 Å². The van der Waals surface area contributed by atoms with Gasteiger partial charge < -0.3 is 14.6 Å². The highest BCUT2D eigenvalue weighted by Gasteiger charge is 2.71. The molecule has 2 heterocycles. The normalized spacial score (nSPS) is 60.9. The van der Waals surface area contributed by atoms with Crippen molar-refractivity contribution in [2.75, 3.05) is 6.61 Å². The molecule has 4 heteroatoms. The molecule has 1 N–H and O–H groups in total. The molecule has 6 aliphatic rings. The van der Waals surface area contributed by atoms with E-state index in [-0.39, 0.29) is 29.0 Å². The number of aliphatic hydroxyl groups is 1. The number of hydrogen-bond acceptors (Lipinski definition) is 4. The van der Waals surface area contributed by atoms with Crippen LogP contribution < -0.4 is 0 Å². The summed E-state index contributed by atoms with van der Waals surface area (Å²) in [4.78, 5) is 14.0. The highest BCUT2D eigenvalue weighted by molar-refractivity contribution is 5.87. The summed E-state index contributed by atoms with van der Waals surface area (Å²) < 4.78 is 13.2. The third-order valence-corrected chi connectivity index (χ3v) is 11.8. The van der Waals surface area contributed by atoms with Gasteiger partial charge in [0.25, 0.3) is 0 Å². The summed E-state index contributed by atoms with van der Waals surface area (Å²) in [5.74, 6) is 3.45. The van der Waals surface area contributed by atoms with Gasteiger partial charge in [0, 0.05) is 30.1 Å². The molecular formula is C27H42O4. The molecule has 12 atom stereocenters. The number of aliphatic hydroxyl groups excluding tert-OH is 1. The fourth-order valence-corrected chi connectivity index (χ4v) is 9.93. The zero-order chi connectivity index (χ0) is 21.8. The fraction of sp³-hybridized carbons (Fsp3) is 0.963. The largest absolute Gasteiger partial charge is 0.393 e. The molecule has 4 nitrogen and oxygen atoms in total.